The maximum Gasteiger partial charge on any atom is 0.320 e. The Hall–Kier alpha value is -1.43. The van der Waals surface area contributed by atoms with E-state index in [4.69, 9.17) is 9.84 Å². The maximum atomic E-state index is 11.1. The van der Waals surface area contributed by atoms with Crippen molar-refractivity contribution >= 4 is 5.97 Å². The Bertz CT molecular complexity index is 444. The quantitative estimate of drug-likeness (QED) is 0.860. The first-order valence-corrected chi connectivity index (χ1v) is 7.38. The third-order valence-corrected chi connectivity index (χ3v) is 4.20. The number of rotatable bonds is 6. The smallest absolute Gasteiger partial charge is 0.320 e. The highest BCUT2D eigenvalue weighted by Crippen LogP contribution is 2.23. The van der Waals surface area contributed by atoms with Gasteiger partial charge >= 0.3 is 5.97 Å². The number of carboxylic acids is 1. The Labute approximate surface area is 126 Å². The molecule has 2 unspecified atom stereocenters. The number of aliphatic carboxylic acids is 1. The fraction of sp³-hybridized carbons (Fsp3) is 0.562. The second-order valence-electron chi connectivity index (χ2n) is 5.47. The summed E-state index contributed by atoms with van der Waals surface area (Å²) in [6.07, 6.45) is 0. The second-order valence-corrected chi connectivity index (χ2v) is 5.47. The first-order valence-electron chi connectivity index (χ1n) is 7.38. The van der Waals surface area contributed by atoms with Gasteiger partial charge in [0.15, 0.2) is 0 Å². The van der Waals surface area contributed by atoms with Crippen molar-refractivity contribution in [3.63, 3.8) is 0 Å². The molecule has 2 rings (SSSR count). The zero-order chi connectivity index (χ0) is 15.2. The second kappa shape index (κ2) is 7.54. The van der Waals surface area contributed by atoms with Crippen molar-refractivity contribution in [3.8, 4) is 0 Å². The molecule has 116 valence electrons. The molecule has 1 heterocycles. The van der Waals surface area contributed by atoms with Gasteiger partial charge in [-0.05, 0) is 12.5 Å². The highest BCUT2D eigenvalue weighted by Gasteiger charge is 2.29. The molecule has 0 bridgehead atoms. The van der Waals surface area contributed by atoms with Crippen molar-refractivity contribution in [1.82, 2.24) is 9.80 Å². The minimum Gasteiger partial charge on any atom is -0.480 e. The summed E-state index contributed by atoms with van der Waals surface area (Å²) in [5.41, 5.74) is 1.25. The first-order chi connectivity index (χ1) is 10.1. The van der Waals surface area contributed by atoms with Gasteiger partial charge in [-0.3, -0.25) is 14.6 Å². The number of benzene rings is 1. The largest absolute Gasteiger partial charge is 0.480 e. The molecule has 1 fully saturated rings. The van der Waals surface area contributed by atoms with E-state index in [0.717, 1.165) is 26.2 Å². The van der Waals surface area contributed by atoms with Crippen LogP contribution in [0.3, 0.4) is 0 Å². The molecule has 5 nitrogen and oxygen atoms in total. The van der Waals surface area contributed by atoms with Crippen LogP contribution < -0.4 is 0 Å². The molecule has 1 N–H and O–H groups in total. The van der Waals surface area contributed by atoms with E-state index in [1.54, 1.807) is 14.0 Å². The van der Waals surface area contributed by atoms with E-state index in [2.05, 4.69) is 17.0 Å². The summed E-state index contributed by atoms with van der Waals surface area (Å²) in [7, 11) is 1.72. The molecule has 0 radical (unpaired) electrons. The van der Waals surface area contributed by atoms with E-state index >= 15 is 0 Å². The topological polar surface area (TPSA) is 53.0 Å². The molecule has 0 aromatic heterocycles. The molecular weight excluding hydrogens is 268 g/mol. The van der Waals surface area contributed by atoms with Crippen molar-refractivity contribution in [2.24, 2.45) is 0 Å². The number of ether oxygens (including phenoxy) is 1. The molecule has 5 heteroatoms. The van der Waals surface area contributed by atoms with Gasteiger partial charge in [-0.25, -0.2) is 0 Å². The highest BCUT2D eigenvalue weighted by atomic mass is 16.5. The molecule has 0 saturated carbocycles. The van der Waals surface area contributed by atoms with Crippen LogP contribution in [0, 0.1) is 0 Å². The number of methoxy groups -OCH3 is 1. The van der Waals surface area contributed by atoms with Gasteiger partial charge in [-0.15, -0.1) is 0 Å². The first kappa shape index (κ1) is 15.9. The zero-order valence-corrected chi connectivity index (χ0v) is 12.7. The van der Waals surface area contributed by atoms with Gasteiger partial charge in [-0.1, -0.05) is 30.3 Å². The maximum absolute atomic E-state index is 11.1. The molecule has 0 aliphatic carbocycles. The average Bonchev–Trinajstić information content (AvgIpc) is 2.53. The lowest BCUT2D eigenvalue weighted by Gasteiger charge is -2.40. The van der Waals surface area contributed by atoms with E-state index in [-0.39, 0.29) is 6.04 Å². The number of carboxylic acid groups (broad SMARTS) is 1. The van der Waals surface area contributed by atoms with Crippen LogP contribution in [0.5, 0.6) is 0 Å². The summed E-state index contributed by atoms with van der Waals surface area (Å²) in [5.74, 6) is -0.750. The normalized spacial score (nSPS) is 20.1. The van der Waals surface area contributed by atoms with Crippen LogP contribution in [0.15, 0.2) is 30.3 Å². The highest BCUT2D eigenvalue weighted by molar-refractivity contribution is 5.72. The van der Waals surface area contributed by atoms with Gasteiger partial charge in [0.1, 0.15) is 6.04 Å². The van der Waals surface area contributed by atoms with Crippen LogP contribution in [0.25, 0.3) is 0 Å². The van der Waals surface area contributed by atoms with E-state index in [1.165, 1.54) is 5.56 Å². The molecule has 21 heavy (non-hydrogen) atoms. The summed E-state index contributed by atoms with van der Waals surface area (Å²) in [5, 5.41) is 9.10. The third kappa shape index (κ3) is 4.03. The minimum atomic E-state index is -0.750. The van der Waals surface area contributed by atoms with Gasteiger partial charge in [0.05, 0.1) is 12.6 Å². The van der Waals surface area contributed by atoms with Crippen LogP contribution in [-0.4, -0.2) is 66.8 Å². The van der Waals surface area contributed by atoms with Crippen molar-refractivity contribution in [2.75, 3.05) is 39.9 Å². The monoisotopic (exact) mass is 292 g/mol. The fourth-order valence-corrected chi connectivity index (χ4v) is 2.84. The van der Waals surface area contributed by atoms with Crippen molar-refractivity contribution in [1.29, 1.82) is 0 Å². The third-order valence-electron chi connectivity index (χ3n) is 4.20. The van der Waals surface area contributed by atoms with Gasteiger partial charge in [-0.2, -0.15) is 0 Å². The molecule has 0 amide bonds. The Morgan fingerprint density at radius 3 is 2.29 bits per heavy atom. The number of hydrogen-bond acceptors (Lipinski definition) is 4. The number of nitrogens with zero attached hydrogens (tertiary/aromatic N) is 2. The molecule has 1 saturated heterocycles. The van der Waals surface area contributed by atoms with Crippen molar-refractivity contribution in [2.45, 2.75) is 19.0 Å². The van der Waals surface area contributed by atoms with Crippen LogP contribution in [-0.2, 0) is 9.53 Å². The number of carbonyl (C=O) groups is 1. The van der Waals surface area contributed by atoms with Crippen molar-refractivity contribution < 1.29 is 14.6 Å². The summed E-state index contributed by atoms with van der Waals surface area (Å²) in [6, 6.07) is 10.2. The Kier molecular flexibility index (Phi) is 5.73. The lowest BCUT2D eigenvalue weighted by Crippen LogP contribution is -2.52. The Morgan fingerprint density at radius 2 is 1.76 bits per heavy atom. The Balaban J connectivity index is 2.00. The van der Waals surface area contributed by atoms with Gasteiger partial charge in [0.2, 0.25) is 0 Å². The Morgan fingerprint density at radius 1 is 1.19 bits per heavy atom. The predicted octanol–water partition coefficient (Wildman–Crippen LogP) is 1.46. The van der Waals surface area contributed by atoms with Gasteiger partial charge < -0.3 is 9.84 Å². The van der Waals surface area contributed by atoms with Crippen molar-refractivity contribution in [3.05, 3.63) is 35.9 Å². The standard InChI is InChI=1S/C16H24N2O3/c1-13(16(19)20)17-8-10-18(11-9-17)15(12-21-2)14-6-4-3-5-7-14/h3-7,13,15H,8-12H2,1-2H3,(H,19,20). The van der Waals surface area contributed by atoms with E-state index in [9.17, 15) is 4.79 Å². The molecule has 1 aliphatic heterocycles. The summed E-state index contributed by atoms with van der Waals surface area (Å²) >= 11 is 0. The summed E-state index contributed by atoms with van der Waals surface area (Å²) in [4.78, 5) is 15.5. The average molecular weight is 292 g/mol. The van der Waals surface area contributed by atoms with Crippen LogP contribution in [0.1, 0.15) is 18.5 Å². The molecule has 0 spiro atoms. The van der Waals surface area contributed by atoms with E-state index in [0.29, 0.717) is 6.61 Å². The predicted molar refractivity (Wildman–Crippen MR) is 81.3 cm³/mol. The fourth-order valence-electron chi connectivity index (χ4n) is 2.84. The molecule has 1 aromatic rings. The summed E-state index contributed by atoms with van der Waals surface area (Å²) < 4.78 is 5.37. The molecule has 1 aliphatic rings. The summed E-state index contributed by atoms with van der Waals surface area (Å²) in [6.45, 7) is 5.68. The lowest BCUT2D eigenvalue weighted by molar-refractivity contribution is -0.143. The van der Waals surface area contributed by atoms with Gasteiger partial charge in [0.25, 0.3) is 0 Å². The minimum absolute atomic E-state index is 0.235. The number of hydrogen-bond donors (Lipinski definition) is 1. The van der Waals surface area contributed by atoms with Gasteiger partial charge in [0, 0.05) is 33.3 Å². The lowest BCUT2D eigenvalue weighted by atomic mass is 10.0. The molecular formula is C16H24N2O3. The zero-order valence-electron chi connectivity index (χ0n) is 12.7. The SMILES string of the molecule is COCC(c1ccccc1)N1CCN(C(C)C(=O)O)CC1. The van der Waals surface area contributed by atoms with E-state index < -0.39 is 12.0 Å². The van der Waals surface area contributed by atoms with Crippen LogP contribution in [0.2, 0.25) is 0 Å². The van der Waals surface area contributed by atoms with Crippen LogP contribution >= 0.6 is 0 Å². The van der Waals surface area contributed by atoms with E-state index in [1.807, 2.05) is 23.1 Å². The van der Waals surface area contributed by atoms with Crippen LogP contribution in [0.4, 0.5) is 0 Å². The molecule has 2 atom stereocenters. The number of piperazine rings is 1. The molecule has 1 aromatic carbocycles.